The van der Waals surface area contributed by atoms with Gasteiger partial charge in [-0.05, 0) is 36.1 Å². The smallest absolute Gasteiger partial charge is 0.0244 e. The van der Waals surface area contributed by atoms with Gasteiger partial charge in [-0.3, -0.25) is 4.90 Å². The van der Waals surface area contributed by atoms with Gasteiger partial charge in [0.2, 0.25) is 0 Å². The second kappa shape index (κ2) is 6.02. The molecule has 1 aliphatic carbocycles. The molecule has 1 aromatic rings. The van der Waals surface area contributed by atoms with Gasteiger partial charge in [0.1, 0.15) is 0 Å². The second-order valence-corrected chi connectivity index (χ2v) is 8.90. The van der Waals surface area contributed by atoms with Gasteiger partial charge in [0.15, 0.2) is 0 Å². The Morgan fingerprint density at radius 2 is 2.14 bits per heavy atom. The lowest BCUT2D eigenvalue weighted by Gasteiger charge is -2.45. The minimum absolute atomic E-state index is 0.257. The zero-order chi connectivity index (χ0) is 15.0. The van der Waals surface area contributed by atoms with Gasteiger partial charge in [-0.1, -0.05) is 33.8 Å². The van der Waals surface area contributed by atoms with Crippen molar-refractivity contribution in [3.63, 3.8) is 0 Å². The SMILES string of the molecule is CC(C)C1CNC(C2CC2)CN1CC(C)(C)c1cccs1. The van der Waals surface area contributed by atoms with E-state index in [0.29, 0.717) is 6.04 Å². The Morgan fingerprint density at radius 1 is 1.38 bits per heavy atom. The Morgan fingerprint density at radius 3 is 2.71 bits per heavy atom. The van der Waals surface area contributed by atoms with Crippen LogP contribution in [-0.4, -0.2) is 36.6 Å². The van der Waals surface area contributed by atoms with Gasteiger partial charge in [-0.2, -0.15) is 0 Å². The number of hydrogen-bond acceptors (Lipinski definition) is 3. The summed E-state index contributed by atoms with van der Waals surface area (Å²) in [4.78, 5) is 4.30. The van der Waals surface area contributed by atoms with Crippen LogP contribution in [0.4, 0.5) is 0 Å². The highest BCUT2D eigenvalue weighted by Gasteiger charge is 2.39. The molecule has 1 aromatic heterocycles. The molecule has 1 N–H and O–H groups in total. The molecule has 1 aliphatic heterocycles. The molecule has 0 aromatic carbocycles. The van der Waals surface area contributed by atoms with Crippen LogP contribution < -0.4 is 5.32 Å². The molecule has 0 bridgehead atoms. The summed E-state index contributed by atoms with van der Waals surface area (Å²) >= 11 is 1.91. The number of rotatable bonds is 5. The highest BCUT2D eigenvalue weighted by atomic mass is 32.1. The Hall–Kier alpha value is -0.380. The highest BCUT2D eigenvalue weighted by Crippen LogP contribution is 2.36. The van der Waals surface area contributed by atoms with Crippen molar-refractivity contribution in [3.8, 4) is 0 Å². The fourth-order valence-corrected chi connectivity index (χ4v) is 4.60. The standard InChI is InChI=1S/C18H30N2S/c1-13(2)16-10-19-15(14-7-8-14)11-20(16)12-18(3,4)17-6-5-9-21-17/h5-6,9,13-16,19H,7-8,10-12H2,1-4H3. The lowest BCUT2D eigenvalue weighted by Crippen LogP contribution is -2.60. The third-order valence-corrected chi connectivity index (χ3v) is 6.47. The van der Waals surface area contributed by atoms with Crippen LogP contribution >= 0.6 is 11.3 Å². The third-order valence-electron chi connectivity index (χ3n) is 5.24. The molecule has 0 amide bonds. The van der Waals surface area contributed by atoms with Crippen molar-refractivity contribution in [1.29, 1.82) is 0 Å². The summed E-state index contributed by atoms with van der Waals surface area (Å²) in [5.74, 6) is 1.67. The summed E-state index contributed by atoms with van der Waals surface area (Å²) in [5.41, 5.74) is 0.257. The van der Waals surface area contributed by atoms with E-state index in [4.69, 9.17) is 0 Å². The van der Waals surface area contributed by atoms with Gasteiger partial charge in [0.05, 0.1) is 0 Å². The van der Waals surface area contributed by atoms with Crippen LogP contribution in [0.3, 0.4) is 0 Å². The molecule has 1 saturated heterocycles. The number of nitrogens with one attached hydrogen (secondary N) is 1. The van der Waals surface area contributed by atoms with E-state index >= 15 is 0 Å². The summed E-state index contributed by atoms with van der Waals surface area (Å²) in [6.07, 6.45) is 2.87. The lowest BCUT2D eigenvalue weighted by molar-refractivity contribution is 0.0741. The molecule has 2 atom stereocenters. The first kappa shape index (κ1) is 15.5. The van der Waals surface area contributed by atoms with Crippen molar-refractivity contribution < 1.29 is 0 Å². The molecule has 2 aliphatic rings. The fourth-order valence-electron chi connectivity index (χ4n) is 3.76. The predicted octanol–water partition coefficient (Wildman–Crippen LogP) is 3.73. The summed E-state index contributed by atoms with van der Waals surface area (Å²) in [6, 6.07) is 5.90. The van der Waals surface area contributed by atoms with Crippen molar-refractivity contribution in [2.75, 3.05) is 19.6 Å². The van der Waals surface area contributed by atoms with Gasteiger partial charge < -0.3 is 5.32 Å². The Balaban J connectivity index is 1.72. The van der Waals surface area contributed by atoms with E-state index in [1.165, 1.54) is 37.4 Å². The van der Waals surface area contributed by atoms with E-state index < -0.39 is 0 Å². The summed E-state index contributed by atoms with van der Waals surface area (Å²) in [7, 11) is 0. The van der Waals surface area contributed by atoms with Gasteiger partial charge in [0.25, 0.3) is 0 Å². The molecule has 2 unspecified atom stereocenters. The molecule has 0 spiro atoms. The Kier molecular flexibility index (Phi) is 4.45. The maximum Gasteiger partial charge on any atom is 0.0244 e. The van der Waals surface area contributed by atoms with Crippen molar-refractivity contribution in [2.24, 2.45) is 11.8 Å². The van der Waals surface area contributed by atoms with Crippen LogP contribution in [0.25, 0.3) is 0 Å². The number of thiophene rings is 1. The van der Waals surface area contributed by atoms with Crippen LogP contribution in [0.5, 0.6) is 0 Å². The van der Waals surface area contributed by atoms with E-state index in [-0.39, 0.29) is 5.41 Å². The van der Waals surface area contributed by atoms with Gasteiger partial charge >= 0.3 is 0 Å². The number of hydrogen-bond donors (Lipinski definition) is 1. The lowest BCUT2D eigenvalue weighted by atomic mass is 9.87. The van der Waals surface area contributed by atoms with E-state index in [9.17, 15) is 0 Å². The third kappa shape index (κ3) is 3.52. The minimum Gasteiger partial charge on any atom is -0.311 e. The van der Waals surface area contributed by atoms with Crippen LogP contribution in [0.2, 0.25) is 0 Å². The van der Waals surface area contributed by atoms with Gasteiger partial charge in [-0.15, -0.1) is 11.3 Å². The van der Waals surface area contributed by atoms with E-state index in [1.807, 2.05) is 11.3 Å². The largest absolute Gasteiger partial charge is 0.311 e. The Bertz CT molecular complexity index is 448. The predicted molar refractivity (Wildman–Crippen MR) is 92.1 cm³/mol. The molecule has 3 rings (SSSR count). The topological polar surface area (TPSA) is 15.3 Å². The molecular weight excluding hydrogens is 276 g/mol. The van der Waals surface area contributed by atoms with E-state index in [0.717, 1.165) is 17.9 Å². The molecule has 3 heteroatoms. The summed E-state index contributed by atoms with van der Waals surface area (Å²) < 4.78 is 0. The zero-order valence-corrected chi connectivity index (χ0v) is 14.7. The van der Waals surface area contributed by atoms with Crippen LogP contribution in [0.1, 0.15) is 45.4 Å². The van der Waals surface area contributed by atoms with Gasteiger partial charge in [0, 0.05) is 42.0 Å². The second-order valence-electron chi connectivity index (χ2n) is 7.95. The monoisotopic (exact) mass is 306 g/mol. The molecule has 2 heterocycles. The van der Waals surface area contributed by atoms with Crippen LogP contribution in [0.15, 0.2) is 17.5 Å². The maximum absolute atomic E-state index is 3.82. The first-order chi connectivity index (χ1) is 9.97. The number of piperazine rings is 1. The highest BCUT2D eigenvalue weighted by molar-refractivity contribution is 7.10. The summed E-state index contributed by atoms with van der Waals surface area (Å²) in [6.45, 7) is 13.1. The molecule has 2 nitrogen and oxygen atoms in total. The van der Waals surface area contributed by atoms with Crippen LogP contribution in [0, 0.1) is 11.8 Å². The molecular formula is C18H30N2S. The molecule has 2 fully saturated rings. The molecule has 118 valence electrons. The first-order valence-corrected chi connectivity index (χ1v) is 9.37. The first-order valence-electron chi connectivity index (χ1n) is 8.49. The van der Waals surface area contributed by atoms with Crippen LogP contribution in [-0.2, 0) is 5.41 Å². The Labute approximate surface area is 133 Å². The fraction of sp³-hybridized carbons (Fsp3) is 0.778. The molecule has 21 heavy (non-hydrogen) atoms. The minimum atomic E-state index is 0.257. The van der Waals surface area contributed by atoms with Crippen molar-refractivity contribution in [3.05, 3.63) is 22.4 Å². The summed E-state index contributed by atoms with van der Waals surface area (Å²) in [5, 5.41) is 6.03. The number of nitrogens with zero attached hydrogens (tertiary/aromatic N) is 1. The van der Waals surface area contributed by atoms with Crippen molar-refractivity contribution >= 4 is 11.3 Å². The van der Waals surface area contributed by atoms with Crippen molar-refractivity contribution in [1.82, 2.24) is 10.2 Å². The molecule has 1 saturated carbocycles. The average Bonchev–Trinajstić information content (AvgIpc) is 3.11. The van der Waals surface area contributed by atoms with E-state index in [2.05, 4.69) is 55.4 Å². The van der Waals surface area contributed by atoms with E-state index in [1.54, 1.807) is 0 Å². The molecule has 0 radical (unpaired) electrons. The van der Waals surface area contributed by atoms with Crippen molar-refractivity contribution in [2.45, 2.75) is 58.0 Å². The normalized spacial score (nSPS) is 28.2. The zero-order valence-electron chi connectivity index (χ0n) is 13.9. The maximum atomic E-state index is 3.82. The average molecular weight is 307 g/mol. The van der Waals surface area contributed by atoms with Gasteiger partial charge in [-0.25, -0.2) is 0 Å². The quantitative estimate of drug-likeness (QED) is 0.891.